The van der Waals surface area contributed by atoms with E-state index >= 15 is 0 Å². The molecule has 0 fully saturated rings. The summed E-state index contributed by atoms with van der Waals surface area (Å²) in [4.78, 5) is 0. The zero-order chi connectivity index (χ0) is 17.5. The van der Waals surface area contributed by atoms with Crippen molar-refractivity contribution in [1.29, 1.82) is 0 Å². The maximum atomic E-state index is 13.0. The number of hydrogen-bond acceptors (Lipinski definition) is 4. The topological polar surface area (TPSA) is 55.4 Å². The molecule has 1 aromatic heterocycles. The number of aromatic nitrogens is 3. The van der Waals surface area contributed by atoms with E-state index in [0.717, 1.165) is 11.3 Å². The van der Waals surface area contributed by atoms with Crippen molar-refractivity contribution in [3.63, 3.8) is 0 Å². The molecule has 4 rings (SSSR count). The van der Waals surface area contributed by atoms with Crippen LogP contribution in [0.4, 0.5) is 13.2 Å². The molecule has 0 atom stereocenters. The Bertz CT molecular complexity index is 907. The minimum absolute atomic E-state index is 0.00613. The van der Waals surface area contributed by atoms with Crippen LogP contribution in [0.2, 0.25) is 0 Å². The second kappa shape index (κ2) is 5.51. The highest BCUT2D eigenvalue weighted by Crippen LogP contribution is 2.52. The third-order valence-electron chi connectivity index (χ3n) is 4.00. The van der Waals surface area contributed by atoms with Crippen molar-refractivity contribution >= 4 is 0 Å². The standard InChI is InChI=1S/C17H12F3N5/c18-17(19,20)16(22-23-16)13-6-8-15(9-7-13)25-11-14(21-24-25)10-12-4-2-1-3-5-12/h1-9,11H,10H2. The minimum atomic E-state index is -4.52. The fraction of sp³-hybridized carbons (Fsp3) is 0.176. The number of alkyl halides is 3. The van der Waals surface area contributed by atoms with Crippen molar-refractivity contribution in [2.45, 2.75) is 18.3 Å². The molecule has 0 N–H and O–H groups in total. The Balaban J connectivity index is 1.54. The molecule has 2 heterocycles. The first-order chi connectivity index (χ1) is 12.0. The van der Waals surface area contributed by atoms with Crippen LogP contribution in [-0.2, 0) is 12.1 Å². The van der Waals surface area contributed by atoms with E-state index in [0.29, 0.717) is 12.1 Å². The lowest BCUT2D eigenvalue weighted by atomic mass is 10.0. The molecule has 0 radical (unpaired) electrons. The molecule has 1 aliphatic heterocycles. The Labute approximate surface area is 140 Å². The molecule has 3 aromatic rings. The molecular weight excluding hydrogens is 331 g/mol. The zero-order valence-electron chi connectivity index (χ0n) is 12.9. The Hall–Kier alpha value is -3.03. The van der Waals surface area contributed by atoms with E-state index in [1.807, 2.05) is 30.3 Å². The van der Waals surface area contributed by atoms with Gasteiger partial charge < -0.3 is 0 Å². The first-order valence-electron chi connectivity index (χ1n) is 7.55. The molecule has 0 bridgehead atoms. The fourth-order valence-electron chi connectivity index (χ4n) is 2.60. The summed E-state index contributed by atoms with van der Waals surface area (Å²) >= 11 is 0. The van der Waals surface area contributed by atoms with Crippen LogP contribution in [-0.4, -0.2) is 21.2 Å². The van der Waals surface area contributed by atoms with Crippen LogP contribution in [0.15, 0.2) is 71.0 Å². The van der Waals surface area contributed by atoms with E-state index < -0.39 is 11.8 Å². The van der Waals surface area contributed by atoms with Crippen LogP contribution in [0.5, 0.6) is 0 Å². The predicted molar refractivity (Wildman–Crippen MR) is 83.2 cm³/mol. The monoisotopic (exact) mass is 343 g/mol. The molecule has 0 saturated carbocycles. The van der Waals surface area contributed by atoms with Crippen LogP contribution < -0.4 is 0 Å². The van der Waals surface area contributed by atoms with Gasteiger partial charge in [-0.2, -0.15) is 13.2 Å². The molecule has 8 heteroatoms. The lowest BCUT2D eigenvalue weighted by Gasteiger charge is -2.14. The summed E-state index contributed by atoms with van der Waals surface area (Å²) in [5.41, 5.74) is 0.0944. The van der Waals surface area contributed by atoms with Gasteiger partial charge in [-0.05, 0) is 17.7 Å². The number of nitrogens with zero attached hydrogens (tertiary/aromatic N) is 5. The van der Waals surface area contributed by atoms with Crippen molar-refractivity contribution in [2.24, 2.45) is 10.2 Å². The molecule has 0 aliphatic carbocycles. The highest BCUT2D eigenvalue weighted by molar-refractivity contribution is 5.39. The predicted octanol–water partition coefficient (Wildman–Crippen LogP) is 4.04. The van der Waals surface area contributed by atoms with Gasteiger partial charge in [0.05, 0.1) is 17.6 Å². The highest BCUT2D eigenvalue weighted by atomic mass is 19.4. The van der Waals surface area contributed by atoms with Crippen LogP contribution in [0.1, 0.15) is 16.8 Å². The lowest BCUT2D eigenvalue weighted by Crippen LogP contribution is -2.30. The molecule has 0 amide bonds. The third kappa shape index (κ3) is 2.79. The number of benzene rings is 2. The van der Waals surface area contributed by atoms with Gasteiger partial charge in [-0.3, -0.25) is 0 Å². The second-order valence-corrected chi connectivity index (χ2v) is 5.73. The molecule has 0 spiro atoms. The number of halogens is 3. The van der Waals surface area contributed by atoms with Crippen LogP contribution in [0, 0.1) is 0 Å². The highest BCUT2D eigenvalue weighted by Gasteiger charge is 2.65. The van der Waals surface area contributed by atoms with E-state index in [1.54, 1.807) is 18.3 Å². The van der Waals surface area contributed by atoms with Gasteiger partial charge in [-0.25, -0.2) is 4.68 Å². The molecule has 0 saturated heterocycles. The van der Waals surface area contributed by atoms with E-state index in [2.05, 4.69) is 20.5 Å². The average molecular weight is 343 g/mol. The van der Waals surface area contributed by atoms with E-state index in [4.69, 9.17) is 0 Å². The van der Waals surface area contributed by atoms with E-state index in [9.17, 15) is 13.2 Å². The maximum absolute atomic E-state index is 13.0. The molecule has 126 valence electrons. The van der Waals surface area contributed by atoms with Gasteiger partial charge in [0.1, 0.15) is 0 Å². The zero-order valence-corrected chi connectivity index (χ0v) is 12.9. The van der Waals surface area contributed by atoms with Gasteiger partial charge in [-0.1, -0.05) is 47.7 Å². The van der Waals surface area contributed by atoms with E-state index in [1.165, 1.54) is 16.8 Å². The third-order valence-corrected chi connectivity index (χ3v) is 4.00. The normalized spacial score (nSPS) is 15.3. The molecular formula is C17H12F3N5. The summed E-state index contributed by atoms with van der Waals surface area (Å²) in [6.07, 6.45) is -2.13. The Morgan fingerprint density at radius 1 is 0.920 bits per heavy atom. The molecule has 0 unspecified atom stereocenters. The van der Waals surface area contributed by atoms with E-state index in [-0.39, 0.29) is 5.56 Å². The SMILES string of the molecule is FC(F)(F)C1(c2ccc(-n3cc(Cc4ccccc4)nn3)cc2)N=N1. The largest absolute Gasteiger partial charge is 0.442 e. The molecule has 2 aromatic carbocycles. The van der Waals surface area contributed by atoms with Gasteiger partial charge in [0.15, 0.2) is 0 Å². The van der Waals surface area contributed by atoms with Gasteiger partial charge in [0.2, 0.25) is 0 Å². The minimum Gasteiger partial charge on any atom is -0.220 e. The summed E-state index contributed by atoms with van der Waals surface area (Å²) < 4.78 is 40.5. The van der Waals surface area contributed by atoms with Crippen LogP contribution >= 0.6 is 0 Å². The quantitative estimate of drug-likeness (QED) is 0.718. The van der Waals surface area contributed by atoms with Crippen LogP contribution in [0.3, 0.4) is 0 Å². The van der Waals surface area contributed by atoms with Gasteiger partial charge in [0, 0.05) is 12.0 Å². The molecule has 5 nitrogen and oxygen atoms in total. The van der Waals surface area contributed by atoms with Crippen molar-refractivity contribution in [2.75, 3.05) is 0 Å². The first-order valence-corrected chi connectivity index (χ1v) is 7.55. The van der Waals surface area contributed by atoms with Gasteiger partial charge in [-0.15, -0.1) is 15.3 Å². The van der Waals surface area contributed by atoms with Crippen molar-refractivity contribution in [3.05, 3.63) is 77.6 Å². The van der Waals surface area contributed by atoms with Gasteiger partial charge in [0.25, 0.3) is 0 Å². The summed E-state index contributed by atoms with van der Waals surface area (Å²) in [5, 5.41) is 14.5. The van der Waals surface area contributed by atoms with Crippen LogP contribution in [0.25, 0.3) is 5.69 Å². The van der Waals surface area contributed by atoms with Crippen molar-refractivity contribution < 1.29 is 13.2 Å². The maximum Gasteiger partial charge on any atom is 0.442 e. The smallest absolute Gasteiger partial charge is 0.220 e. The van der Waals surface area contributed by atoms with Gasteiger partial charge >= 0.3 is 11.8 Å². The molecule has 25 heavy (non-hydrogen) atoms. The number of rotatable bonds is 4. The Morgan fingerprint density at radius 2 is 1.60 bits per heavy atom. The average Bonchev–Trinajstić information content (AvgIpc) is 3.31. The first kappa shape index (κ1) is 15.5. The summed E-state index contributed by atoms with van der Waals surface area (Å²) in [7, 11) is 0. The summed E-state index contributed by atoms with van der Waals surface area (Å²) in [6.45, 7) is 0. The number of hydrogen-bond donors (Lipinski definition) is 0. The lowest BCUT2D eigenvalue weighted by molar-refractivity contribution is -0.166. The van der Waals surface area contributed by atoms with Crippen molar-refractivity contribution in [1.82, 2.24) is 15.0 Å². The summed E-state index contributed by atoms with van der Waals surface area (Å²) in [5.74, 6) is 0. The fourth-order valence-corrected chi connectivity index (χ4v) is 2.60. The Kier molecular flexibility index (Phi) is 3.41. The summed E-state index contributed by atoms with van der Waals surface area (Å²) in [6, 6.07) is 15.6. The van der Waals surface area contributed by atoms with Crippen molar-refractivity contribution in [3.8, 4) is 5.69 Å². The Morgan fingerprint density at radius 3 is 2.20 bits per heavy atom. The second-order valence-electron chi connectivity index (χ2n) is 5.73. The molecule has 1 aliphatic rings.